The number of carbonyl (C=O) groups is 2. The van der Waals surface area contributed by atoms with E-state index in [1.807, 2.05) is 54.6 Å². The summed E-state index contributed by atoms with van der Waals surface area (Å²) in [7, 11) is 0. The fraction of sp³-hybridized carbons (Fsp3) is 0.0833. The van der Waals surface area contributed by atoms with Gasteiger partial charge in [-0.1, -0.05) is 64.5 Å². The first kappa shape index (κ1) is 19.8. The lowest BCUT2D eigenvalue weighted by Gasteiger charge is -2.06. The lowest BCUT2D eigenvalue weighted by atomic mass is 10.1. The summed E-state index contributed by atoms with van der Waals surface area (Å²) in [6, 6.07) is 24.6. The molecule has 1 amide bonds. The Morgan fingerprint density at radius 3 is 2.21 bits per heavy atom. The second-order valence-corrected chi connectivity index (χ2v) is 7.28. The van der Waals surface area contributed by atoms with E-state index < -0.39 is 0 Å². The van der Waals surface area contributed by atoms with Crippen LogP contribution in [0.3, 0.4) is 0 Å². The predicted octanol–water partition coefficient (Wildman–Crippen LogP) is 5.92. The Bertz CT molecular complexity index is 962. The maximum atomic E-state index is 12.3. The number of amides is 1. The molecule has 1 N–H and O–H groups in total. The van der Waals surface area contributed by atoms with Crippen molar-refractivity contribution < 1.29 is 9.59 Å². The minimum absolute atomic E-state index is 0.0435. The smallest absolute Gasteiger partial charge is 0.224 e. The number of anilines is 1. The average molecular weight is 434 g/mol. The molecule has 3 nitrogen and oxygen atoms in total. The van der Waals surface area contributed by atoms with Gasteiger partial charge in [0.25, 0.3) is 0 Å². The van der Waals surface area contributed by atoms with Gasteiger partial charge in [-0.25, -0.2) is 0 Å². The van der Waals surface area contributed by atoms with Gasteiger partial charge in [0.2, 0.25) is 5.91 Å². The van der Waals surface area contributed by atoms with Crippen molar-refractivity contribution in [2.45, 2.75) is 12.8 Å². The van der Waals surface area contributed by atoms with E-state index in [4.69, 9.17) is 0 Å². The van der Waals surface area contributed by atoms with E-state index in [1.54, 1.807) is 36.4 Å². The maximum absolute atomic E-state index is 12.3. The van der Waals surface area contributed by atoms with Gasteiger partial charge in [-0.3, -0.25) is 9.59 Å². The zero-order valence-corrected chi connectivity index (χ0v) is 16.9. The fourth-order valence-electron chi connectivity index (χ4n) is 2.69. The minimum Gasteiger partial charge on any atom is -0.326 e. The van der Waals surface area contributed by atoms with E-state index >= 15 is 0 Å². The second kappa shape index (κ2) is 9.81. The third-order valence-electron chi connectivity index (χ3n) is 4.23. The number of aryl methyl sites for hydroxylation is 1. The molecule has 0 aromatic heterocycles. The Kier molecular flexibility index (Phi) is 6.93. The molecule has 0 fully saturated rings. The van der Waals surface area contributed by atoms with Crippen LogP contribution in [-0.2, 0) is 11.2 Å². The third-order valence-corrected chi connectivity index (χ3v) is 4.76. The molecular formula is C24H20BrNO2. The van der Waals surface area contributed by atoms with Gasteiger partial charge in [0.1, 0.15) is 0 Å². The molecule has 0 aliphatic carbocycles. The normalized spacial score (nSPS) is 10.8. The summed E-state index contributed by atoms with van der Waals surface area (Å²) in [4.78, 5) is 24.4. The molecule has 0 saturated heterocycles. The van der Waals surface area contributed by atoms with Crippen molar-refractivity contribution >= 4 is 39.4 Å². The van der Waals surface area contributed by atoms with Gasteiger partial charge in [-0.15, -0.1) is 0 Å². The first-order valence-electron chi connectivity index (χ1n) is 9.02. The number of hydrogen-bond acceptors (Lipinski definition) is 2. The highest BCUT2D eigenvalue weighted by atomic mass is 79.9. The summed E-state index contributed by atoms with van der Waals surface area (Å²) in [5.41, 5.74) is 3.36. The van der Waals surface area contributed by atoms with Crippen LogP contribution in [-0.4, -0.2) is 11.7 Å². The van der Waals surface area contributed by atoms with Gasteiger partial charge in [-0.05, 0) is 60.0 Å². The van der Waals surface area contributed by atoms with Crippen molar-refractivity contribution in [1.82, 2.24) is 0 Å². The molecule has 3 aromatic rings. The van der Waals surface area contributed by atoms with Crippen molar-refractivity contribution in [3.63, 3.8) is 0 Å². The van der Waals surface area contributed by atoms with Gasteiger partial charge in [0.05, 0.1) is 0 Å². The minimum atomic E-state index is -0.0788. The maximum Gasteiger partial charge on any atom is 0.224 e. The van der Waals surface area contributed by atoms with Crippen LogP contribution >= 0.6 is 15.9 Å². The highest BCUT2D eigenvalue weighted by Gasteiger charge is 2.05. The van der Waals surface area contributed by atoms with Crippen LogP contribution in [0.2, 0.25) is 0 Å². The summed E-state index contributed by atoms with van der Waals surface area (Å²) in [6.07, 6.45) is 4.45. The van der Waals surface area contributed by atoms with Crippen LogP contribution in [0.1, 0.15) is 27.9 Å². The quantitative estimate of drug-likeness (QED) is 0.371. The van der Waals surface area contributed by atoms with Crippen molar-refractivity contribution in [2.24, 2.45) is 0 Å². The Hall–Kier alpha value is -2.98. The van der Waals surface area contributed by atoms with E-state index in [9.17, 15) is 9.59 Å². The Balaban J connectivity index is 1.53. The Morgan fingerprint density at radius 2 is 1.54 bits per heavy atom. The number of benzene rings is 3. The number of hydrogen-bond donors (Lipinski definition) is 1. The van der Waals surface area contributed by atoms with Crippen LogP contribution in [0.5, 0.6) is 0 Å². The highest BCUT2D eigenvalue weighted by Crippen LogP contribution is 2.14. The van der Waals surface area contributed by atoms with Crippen LogP contribution in [0, 0.1) is 0 Å². The standard InChI is InChI=1S/C24H20BrNO2/c25-21-12-6-19(7-13-21)8-16-23(27)20-10-14-22(15-11-20)26-24(28)17-9-18-4-2-1-3-5-18/h1-8,10-16H,9,17H2,(H,26,28)/b16-8+. The fourth-order valence-corrected chi connectivity index (χ4v) is 2.95. The third kappa shape index (κ3) is 6.03. The molecule has 4 heteroatoms. The Labute approximate surface area is 173 Å². The SMILES string of the molecule is O=C(CCc1ccccc1)Nc1ccc(C(=O)/C=C/c2ccc(Br)cc2)cc1. The van der Waals surface area contributed by atoms with Gasteiger partial charge in [0.15, 0.2) is 5.78 Å². The Morgan fingerprint density at radius 1 is 0.857 bits per heavy atom. The zero-order chi connectivity index (χ0) is 19.8. The zero-order valence-electron chi connectivity index (χ0n) is 15.3. The number of carbonyl (C=O) groups excluding carboxylic acids is 2. The molecule has 0 heterocycles. The molecule has 0 radical (unpaired) electrons. The van der Waals surface area contributed by atoms with Crippen molar-refractivity contribution in [3.8, 4) is 0 Å². The molecule has 0 aliphatic heterocycles. The topological polar surface area (TPSA) is 46.2 Å². The summed E-state index contributed by atoms with van der Waals surface area (Å²) < 4.78 is 0.998. The molecule has 0 aliphatic rings. The largest absolute Gasteiger partial charge is 0.326 e. The van der Waals surface area contributed by atoms with Crippen LogP contribution < -0.4 is 5.32 Å². The van der Waals surface area contributed by atoms with Gasteiger partial charge < -0.3 is 5.32 Å². The molecule has 0 atom stereocenters. The first-order chi connectivity index (χ1) is 13.6. The van der Waals surface area contributed by atoms with Gasteiger partial charge in [-0.2, -0.15) is 0 Å². The molecular weight excluding hydrogens is 414 g/mol. The lowest BCUT2D eigenvalue weighted by Crippen LogP contribution is -2.12. The highest BCUT2D eigenvalue weighted by molar-refractivity contribution is 9.10. The summed E-state index contributed by atoms with van der Waals surface area (Å²) in [5, 5.41) is 2.87. The lowest BCUT2D eigenvalue weighted by molar-refractivity contribution is -0.116. The number of rotatable bonds is 7. The molecule has 0 saturated carbocycles. The van der Waals surface area contributed by atoms with Gasteiger partial charge >= 0.3 is 0 Å². The van der Waals surface area contributed by atoms with E-state index in [2.05, 4.69) is 21.2 Å². The molecule has 140 valence electrons. The van der Waals surface area contributed by atoms with E-state index in [-0.39, 0.29) is 11.7 Å². The van der Waals surface area contributed by atoms with Crippen LogP contribution in [0.15, 0.2) is 89.4 Å². The number of halogens is 1. The predicted molar refractivity (Wildman–Crippen MR) is 117 cm³/mol. The average Bonchev–Trinajstić information content (AvgIpc) is 2.73. The summed E-state index contributed by atoms with van der Waals surface area (Å²) in [6.45, 7) is 0. The monoisotopic (exact) mass is 433 g/mol. The van der Waals surface area contributed by atoms with Crippen molar-refractivity contribution in [3.05, 3.63) is 106 Å². The first-order valence-corrected chi connectivity index (χ1v) is 9.81. The van der Waals surface area contributed by atoms with Crippen molar-refractivity contribution in [1.29, 1.82) is 0 Å². The summed E-state index contributed by atoms with van der Waals surface area (Å²) in [5.74, 6) is -0.122. The molecule has 28 heavy (non-hydrogen) atoms. The summed E-state index contributed by atoms with van der Waals surface area (Å²) >= 11 is 3.39. The number of ketones is 1. The van der Waals surface area contributed by atoms with E-state index in [0.717, 1.165) is 15.6 Å². The van der Waals surface area contributed by atoms with Crippen LogP contribution in [0.25, 0.3) is 6.08 Å². The molecule has 3 aromatic carbocycles. The number of nitrogens with one attached hydrogen (secondary N) is 1. The molecule has 3 rings (SSSR count). The van der Waals surface area contributed by atoms with Gasteiger partial charge in [0, 0.05) is 22.1 Å². The van der Waals surface area contributed by atoms with Crippen LogP contribution in [0.4, 0.5) is 5.69 Å². The molecule has 0 bridgehead atoms. The molecule has 0 spiro atoms. The van der Waals surface area contributed by atoms with E-state index in [1.165, 1.54) is 0 Å². The van der Waals surface area contributed by atoms with Crippen molar-refractivity contribution in [2.75, 3.05) is 5.32 Å². The second-order valence-electron chi connectivity index (χ2n) is 6.36. The van der Waals surface area contributed by atoms with E-state index in [0.29, 0.717) is 24.1 Å². The molecule has 0 unspecified atom stereocenters. The number of allylic oxidation sites excluding steroid dienone is 1.